The van der Waals surface area contributed by atoms with Crippen LogP contribution in [0.15, 0.2) is 109 Å². The molecule has 6 N–H and O–H groups in total. The second kappa shape index (κ2) is 49.9. The van der Waals surface area contributed by atoms with Gasteiger partial charge in [-0.25, -0.2) is 53.1 Å². The van der Waals surface area contributed by atoms with E-state index in [1.807, 2.05) is 45.0 Å². The van der Waals surface area contributed by atoms with Crippen LogP contribution in [0.2, 0.25) is 0 Å². The molecule has 7 heterocycles. The minimum Gasteiger partial charge on any atom is -0.480 e. The minimum atomic E-state index is -3.59. The number of carbonyl (C=O) groups is 10. The van der Waals surface area contributed by atoms with Gasteiger partial charge in [0.2, 0.25) is 0 Å². The predicted molar refractivity (Wildman–Crippen MR) is 502 cm³/mol. The van der Waals surface area contributed by atoms with Gasteiger partial charge in [-0.3, -0.25) is 33.5 Å². The number of rotatable bonds is 32. The number of ether oxygens (including phenoxy) is 12. The van der Waals surface area contributed by atoms with Crippen molar-refractivity contribution in [3.05, 3.63) is 125 Å². The number of amides is 5. The molecule has 37 nitrogen and oxygen atoms in total. The number of aromatic nitrogens is 2. The van der Waals surface area contributed by atoms with Crippen molar-refractivity contribution in [2.75, 3.05) is 97.9 Å². The van der Waals surface area contributed by atoms with E-state index in [-0.39, 0.29) is 105 Å². The number of nitrogens with two attached hydrogens (primary N) is 1. The number of hydrogen-bond donors (Lipinski definition) is 5. The SMILES string of the molecule is C=CCO.C=CCOC[C@@]12C[C@@H](C(=O)O)N(C(=O)OC(C)(C)C)[C@@H]1C2.C=CCOCc1ccc(Br)nc1CC(=O)[C@@H]1C[C@@]2(COCC=C)C[C@H]2N1C(=O)OC(C)(C)C.C=CCOCc1ccc(Br)nc1N.CCOC(=O)[C@@H]1CC(CO)=CN1C(=O)OC(C)(C)C.CCOC(=O)[C@@H]1C[C@@]2(CO)C[C@H]2N1C(=O)OC(C)(C)C.CCOC(=O)[C@@H]1C[C@@]2(COS(C)(=O)=O)C[C@H]2N1C(=O)OC(C)(C)C. The maximum Gasteiger partial charge on any atom is 0.415 e. The van der Waals surface area contributed by atoms with Crippen molar-refractivity contribution < 1.29 is 138 Å². The molecule has 752 valence electrons. The van der Waals surface area contributed by atoms with E-state index in [1.54, 1.807) is 133 Å². The Morgan fingerprint density at radius 2 is 0.806 bits per heavy atom. The number of halogens is 2. The standard InChI is InChI=1S/C25H33BrN2O5.C15H25NO7S.C15H23NO5.C14H23NO5.C13H21NO5.C9H11BrN2O.C3H6O/c1-6-10-31-15-17-8-9-22(26)27-18(17)12-20(29)19-13-25(16-32-11-7-2)14-21(25)28(19)23(30)33-24(3,4)5;1-6-21-12(17)10-7-15(9-22-24(5,19)20)8-11(15)16(10)13(18)23-14(2,3)4;1-5-6-20-9-15-7-10(12(17)18)16(11(15)8-15)13(19)21-14(2,3)4;1-5-19-11(17)9-6-14(8-16)7-10(14)15(9)12(18)20-13(2,3)4;1-5-18-11(16)10-6-9(8-15)7-14(10)12(17)19-13(2,3)4;1-2-5-13-6-7-3-4-8(10)12-9(7)11;1-2-3-4/h6-9,19,21H,1-2,10-16H2,3-5H3;10-11H,6-9H2,1-5H3;5,10-11H,1,6-9H2,2-4H3,(H,17,18);9-10,16H,5-8H2,1-4H3;7,10,15H,5-6,8H2,1-4H3;2-4H,1,5-6H2,(H2,11,12);2,4H,1,3H2/t19-,21+,25-;2*10-,11+,15-;9-,10+,14-;10-;;/m00000../s1. The number of pyridine rings is 2. The van der Waals surface area contributed by atoms with E-state index in [0.717, 1.165) is 41.2 Å². The minimum absolute atomic E-state index is 0.0210. The largest absolute Gasteiger partial charge is 0.480 e. The number of aliphatic carboxylic acids is 1. The van der Waals surface area contributed by atoms with Crippen molar-refractivity contribution in [3.63, 3.8) is 0 Å². The fraction of sp³-hybridized carbons (Fsp3) is 0.660. The first-order chi connectivity index (χ1) is 62.4. The van der Waals surface area contributed by atoms with E-state index >= 15 is 0 Å². The van der Waals surface area contributed by atoms with Gasteiger partial charge in [0.15, 0.2) is 5.78 Å². The molecule has 11 rings (SSSR count). The number of fused-ring (bicyclic) bond motifs is 4. The highest BCUT2D eigenvalue weighted by Crippen LogP contribution is 2.63. The normalized spacial score (nSPS) is 24.5. The highest BCUT2D eigenvalue weighted by atomic mass is 79.9. The molecule has 2 aromatic heterocycles. The van der Waals surface area contributed by atoms with Crippen molar-refractivity contribution in [1.82, 2.24) is 34.5 Å². The number of hydrogen-bond acceptors (Lipinski definition) is 31. The van der Waals surface area contributed by atoms with Crippen LogP contribution in [0.3, 0.4) is 0 Å². The lowest BCUT2D eigenvalue weighted by molar-refractivity contribution is -0.149. The number of anilines is 1. The van der Waals surface area contributed by atoms with Crippen LogP contribution >= 0.6 is 31.9 Å². The number of aliphatic hydroxyl groups is 3. The molecule has 5 aliphatic heterocycles. The Bertz CT molecular complexity index is 4580. The molecule has 5 amide bonds. The Morgan fingerprint density at radius 3 is 1.18 bits per heavy atom. The first kappa shape index (κ1) is 116. The average molecular weight is 2040 g/mol. The van der Waals surface area contributed by atoms with Gasteiger partial charge in [-0.2, -0.15) is 8.42 Å². The van der Waals surface area contributed by atoms with Crippen molar-refractivity contribution in [3.8, 4) is 0 Å². The van der Waals surface area contributed by atoms with Crippen LogP contribution in [0.1, 0.15) is 199 Å². The summed E-state index contributed by atoms with van der Waals surface area (Å²) in [5.41, 5.74) is 4.07. The number of carboxylic acids is 1. The van der Waals surface area contributed by atoms with Gasteiger partial charge in [0.05, 0.1) is 124 Å². The van der Waals surface area contributed by atoms with E-state index in [4.69, 9.17) is 77.0 Å². The summed E-state index contributed by atoms with van der Waals surface area (Å²) in [4.78, 5) is 139. The summed E-state index contributed by atoms with van der Waals surface area (Å²) in [5, 5.41) is 35.7. The van der Waals surface area contributed by atoms with Gasteiger partial charge in [0, 0.05) is 64.0 Å². The number of piperidine rings is 4. The number of carbonyl (C=O) groups excluding carboxylic acids is 9. The third kappa shape index (κ3) is 34.6. The number of nitrogens with zero attached hydrogens (tertiary/aromatic N) is 7. The number of ketones is 1. The monoisotopic (exact) mass is 2040 g/mol. The van der Waals surface area contributed by atoms with Crippen molar-refractivity contribution in [2.24, 2.45) is 21.7 Å². The van der Waals surface area contributed by atoms with Crippen LogP contribution in [0, 0.1) is 21.7 Å². The van der Waals surface area contributed by atoms with Crippen LogP contribution in [-0.2, 0) is 115 Å². The molecule has 2 aromatic rings. The van der Waals surface area contributed by atoms with E-state index in [0.29, 0.717) is 107 Å². The van der Waals surface area contributed by atoms with E-state index in [1.165, 1.54) is 31.9 Å². The highest BCUT2D eigenvalue weighted by Gasteiger charge is 2.72. The molecule has 13 atom stereocenters. The Labute approximate surface area is 804 Å². The topological polar surface area (TPSA) is 474 Å². The first-order valence-electron chi connectivity index (χ1n) is 44.5. The van der Waals surface area contributed by atoms with Crippen LogP contribution in [0.4, 0.5) is 29.8 Å². The van der Waals surface area contributed by atoms with Crippen LogP contribution in [0.25, 0.3) is 0 Å². The Hall–Kier alpha value is -8.97. The third-order valence-corrected chi connectivity index (χ3v) is 23.4. The Kier molecular flexibility index (Phi) is 43.0. The first-order valence-corrected chi connectivity index (χ1v) is 47.9. The quantitative estimate of drug-likeness (QED) is 0.0113. The molecule has 9 aliphatic rings. The molecular weight excluding hydrogens is 1900 g/mol. The summed E-state index contributed by atoms with van der Waals surface area (Å²) in [6.45, 7) is 53.5. The molecule has 40 heteroatoms. The van der Waals surface area contributed by atoms with Crippen LogP contribution in [0.5, 0.6) is 0 Å². The molecule has 4 saturated heterocycles. The van der Waals surface area contributed by atoms with Crippen LogP contribution < -0.4 is 5.73 Å². The summed E-state index contributed by atoms with van der Waals surface area (Å²) in [5.74, 6) is -1.97. The van der Waals surface area contributed by atoms with Crippen molar-refractivity contribution in [2.45, 2.75) is 284 Å². The number of esters is 3. The van der Waals surface area contributed by atoms with Gasteiger partial charge in [-0.05, 0) is 231 Å². The van der Waals surface area contributed by atoms with Gasteiger partial charge in [-0.15, -0.1) is 32.9 Å². The molecule has 0 aromatic carbocycles. The second-order valence-corrected chi connectivity index (χ2v) is 42.0. The maximum atomic E-state index is 13.5. The van der Waals surface area contributed by atoms with Crippen molar-refractivity contribution in [1.29, 1.82) is 0 Å². The predicted octanol–water partition coefficient (Wildman–Crippen LogP) is 13.0. The number of carboxylic acid groups (broad SMARTS) is 1. The lowest BCUT2D eigenvalue weighted by Gasteiger charge is -2.30. The maximum absolute atomic E-state index is 13.5. The Balaban J connectivity index is 0.000000287. The lowest BCUT2D eigenvalue weighted by atomic mass is 9.95. The summed E-state index contributed by atoms with van der Waals surface area (Å²) in [6.07, 6.45) is 12.9. The lowest BCUT2D eigenvalue weighted by Crippen LogP contribution is -2.46. The third-order valence-electron chi connectivity index (χ3n) is 21.9. The molecule has 0 spiro atoms. The summed E-state index contributed by atoms with van der Waals surface area (Å²) < 4.78 is 92.8. The average Bonchev–Trinajstić information content (AvgIpc) is 1.56. The molecule has 0 unspecified atom stereocenters. The number of Topliss-reactive ketones (excluding diaryl/α,β-unsaturated/α-hetero) is 1. The second-order valence-electron chi connectivity index (χ2n) is 38.8. The molecule has 0 radical (unpaired) electrons. The molecule has 4 saturated carbocycles. The van der Waals surface area contributed by atoms with E-state index in [2.05, 4.69) is 74.7 Å². The fourth-order valence-corrected chi connectivity index (χ4v) is 17.0. The Morgan fingerprint density at radius 1 is 0.470 bits per heavy atom. The van der Waals surface area contributed by atoms with E-state index in [9.17, 15) is 66.6 Å². The number of nitrogen functional groups attached to an aromatic ring is 1. The highest BCUT2D eigenvalue weighted by molar-refractivity contribution is 9.10. The van der Waals surface area contributed by atoms with Crippen LogP contribution in [-0.4, -0.2) is 298 Å². The molecule has 0 bridgehead atoms. The van der Waals surface area contributed by atoms with Crippen molar-refractivity contribution >= 4 is 108 Å². The number of aliphatic hydroxyl groups excluding tert-OH is 3. The van der Waals surface area contributed by atoms with Gasteiger partial charge < -0.3 is 83.0 Å². The zero-order chi connectivity index (χ0) is 101. The van der Waals surface area contributed by atoms with Gasteiger partial charge in [0.1, 0.15) is 67.2 Å². The fourth-order valence-electron chi connectivity index (χ4n) is 15.9. The summed E-state index contributed by atoms with van der Waals surface area (Å²) in [6, 6.07) is 3.32. The summed E-state index contributed by atoms with van der Waals surface area (Å²) in [7, 11) is -3.59. The van der Waals surface area contributed by atoms with Gasteiger partial charge in [0.25, 0.3) is 10.1 Å². The molecular formula is C94H142Br2N8O29S. The number of likely N-dealkylation sites (tertiary alicyclic amines) is 4. The zero-order valence-electron chi connectivity index (χ0n) is 81.0. The summed E-state index contributed by atoms with van der Waals surface area (Å²) >= 11 is 6.62. The van der Waals surface area contributed by atoms with E-state index < -0.39 is 128 Å². The molecule has 134 heavy (non-hydrogen) atoms. The zero-order valence-corrected chi connectivity index (χ0v) is 85.0. The molecule has 4 aliphatic carbocycles. The smallest absolute Gasteiger partial charge is 0.415 e. The van der Waals surface area contributed by atoms with Gasteiger partial charge in [-0.1, -0.05) is 42.5 Å². The molecule has 8 fully saturated rings. The van der Waals surface area contributed by atoms with Gasteiger partial charge >= 0.3 is 54.3 Å².